The first-order valence-electron chi connectivity index (χ1n) is 6.27. The molecule has 0 amide bonds. The van der Waals surface area contributed by atoms with Gasteiger partial charge in [-0.05, 0) is 0 Å². The van der Waals surface area contributed by atoms with Crippen molar-refractivity contribution in [1.82, 2.24) is 5.09 Å². The summed E-state index contributed by atoms with van der Waals surface area (Å²) in [5, 5.41) is 5.97. The summed E-state index contributed by atoms with van der Waals surface area (Å²) in [6.07, 6.45) is 0. The monoisotopic (exact) mass is 270 g/mol. The third-order valence-corrected chi connectivity index (χ3v) is 4.87. The van der Waals surface area contributed by atoms with Gasteiger partial charge in [-0.2, -0.15) is 0 Å². The van der Waals surface area contributed by atoms with Gasteiger partial charge in [0.2, 0.25) is 0 Å². The molecule has 1 aliphatic heterocycles. The number of hydrogen-bond acceptors (Lipinski definition) is 3. The Bertz CT molecular complexity index is 517. The van der Waals surface area contributed by atoms with Crippen molar-refractivity contribution in [3.63, 3.8) is 0 Å². The maximum absolute atomic E-state index is 5.48. The van der Waals surface area contributed by atoms with Crippen LogP contribution in [-0.4, -0.2) is 19.2 Å². The van der Waals surface area contributed by atoms with E-state index in [0.717, 1.165) is 6.54 Å². The first kappa shape index (κ1) is 12.2. The molecule has 0 unspecified atom stereocenters. The summed E-state index contributed by atoms with van der Waals surface area (Å²) < 4.78 is 5.48. The second-order valence-corrected chi connectivity index (χ2v) is 6.08. The molecule has 2 aromatic carbocycles. The van der Waals surface area contributed by atoms with Crippen LogP contribution in [0.25, 0.3) is 0 Å². The summed E-state index contributed by atoms with van der Waals surface area (Å²) in [7, 11) is -0.668. The molecule has 0 spiro atoms. The molecule has 2 aromatic rings. The van der Waals surface area contributed by atoms with Gasteiger partial charge < -0.3 is 9.82 Å². The molecule has 0 bridgehead atoms. The van der Waals surface area contributed by atoms with Crippen LogP contribution in [0.2, 0.25) is 0 Å². The van der Waals surface area contributed by atoms with E-state index in [0.29, 0.717) is 12.6 Å². The quantitative estimate of drug-likeness (QED) is 0.866. The highest BCUT2D eigenvalue weighted by molar-refractivity contribution is 7.71. The van der Waals surface area contributed by atoms with Crippen molar-refractivity contribution in [1.29, 1.82) is 0 Å². The number of rotatable bonds is 3. The fourth-order valence-electron chi connectivity index (χ4n) is 1.93. The average molecular weight is 270 g/mol. The number of aliphatic imine (C=N–C) groups is 1. The Balaban J connectivity index is 1.91. The number of nitrogens with zero attached hydrogens (tertiary/aromatic N) is 1. The molecule has 0 aromatic heterocycles. The first-order valence-corrected chi connectivity index (χ1v) is 7.62. The molecule has 19 heavy (non-hydrogen) atoms. The Kier molecular flexibility index (Phi) is 3.75. The van der Waals surface area contributed by atoms with Crippen LogP contribution < -0.4 is 15.7 Å². The van der Waals surface area contributed by atoms with Gasteiger partial charge in [0.1, 0.15) is 6.61 Å². The van der Waals surface area contributed by atoms with Crippen molar-refractivity contribution in [3.8, 4) is 0 Å². The summed E-state index contributed by atoms with van der Waals surface area (Å²) in [6, 6.07) is 21.5. The molecule has 96 valence electrons. The molecule has 1 aliphatic rings. The highest BCUT2D eigenvalue weighted by Crippen LogP contribution is 2.28. The van der Waals surface area contributed by atoms with Crippen molar-refractivity contribution in [2.45, 2.75) is 0 Å². The highest BCUT2D eigenvalue weighted by Gasteiger charge is 2.17. The molecular formula is C15H15N2OP. The zero-order valence-electron chi connectivity index (χ0n) is 10.5. The molecule has 3 nitrogen and oxygen atoms in total. The smallest absolute Gasteiger partial charge is 0.288 e. The van der Waals surface area contributed by atoms with E-state index in [-0.39, 0.29) is 0 Å². The van der Waals surface area contributed by atoms with Gasteiger partial charge in [-0.15, -0.1) is 0 Å². The summed E-state index contributed by atoms with van der Waals surface area (Å²) in [5.74, 6) is 0. The molecule has 0 saturated heterocycles. The van der Waals surface area contributed by atoms with Gasteiger partial charge in [0.15, 0.2) is 0 Å². The lowest BCUT2D eigenvalue weighted by molar-refractivity contribution is 0.339. The molecule has 0 atom stereocenters. The van der Waals surface area contributed by atoms with Gasteiger partial charge in [-0.1, -0.05) is 60.7 Å². The van der Waals surface area contributed by atoms with Crippen molar-refractivity contribution in [3.05, 3.63) is 60.7 Å². The van der Waals surface area contributed by atoms with Crippen molar-refractivity contribution < 1.29 is 4.74 Å². The third kappa shape index (κ3) is 2.94. The summed E-state index contributed by atoms with van der Waals surface area (Å²) in [5.41, 5.74) is 0. The molecule has 1 N–H and O–H groups in total. The topological polar surface area (TPSA) is 33.6 Å². The summed E-state index contributed by atoms with van der Waals surface area (Å²) >= 11 is 0. The summed E-state index contributed by atoms with van der Waals surface area (Å²) in [4.78, 5) is 4.33. The van der Waals surface area contributed by atoms with E-state index in [4.69, 9.17) is 4.74 Å². The molecule has 3 rings (SSSR count). The number of benzene rings is 2. The largest absolute Gasteiger partial charge is 0.463 e. The van der Waals surface area contributed by atoms with E-state index in [1.165, 1.54) is 10.6 Å². The van der Waals surface area contributed by atoms with Crippen LogP contribution in [0.1, 0.15) is 0 Å². The van der Waals surface area contributed by atoms with E-state index in [1.54, 1.807) is 0 Å². The maximum Gasteiger partial charge on any atom is 0.288 e. The maximum atomic E-state index is 5.48. The van der Waals surface area contributed by atoms with Gasteiger partial charge in [0.05, 0.1) is 14.6 Å². The zero-order valence-corrected chi connectivity index (χ0v) is 11.4. The number of nitrogens with one attached hydrogen (secondary N) is 1. The van der Waals surface area contributed by atoms with Gasteiger partial charge in [0.25, 0.3) is 6.02 Å². The van der Waals surface area contributed by atoms with Crippen LogP contribution in [0, 0.1) is 0 Å². The molecule has 1 heterocycles. The molecule has 4 heteroatoms. The molecule has 0 saturated carbocycles. The lowest BCUT2D eigenvalue weighted by atomic mass is 10.4. The normalized spacial score (nSPS) is 14.1. The van der Waals surface area contributed by atoms with E-state index < -0.39 is 8.07 Å². The fourth-order valence-corrected chi connectivity index (χ4v) is 3.75. The molecule has 0 aliphatic carbocycles. The van der Waals surface area contributed by atoms with Crippen LogP contribution in [0.15, 0.2) is 65.7 Å². The average Bonchev–Trinajstić information content (AvgIpc) is 3.00. The molecular weight excluding hydrogens is 255 g/mol. The SMILES string of the molecule is c1ccc(P(NC2=NCCO2)c2ccccc2)cc1. The van der Waals surface area contributed by atoms with Crippen LogP contribution >= 0.6 is 8.07 Å². The predicted molar refractivity (Wildman–Crippen MR) is 80.5 cm³/mol. The van der Waals surface area contributed by atoms with Gasteiger partial charge in [-0.3, -0.25) is 0 Å². The lowest BCUT2D eigenvalue weighted by Crippen LogP contribution is -2.28. The van der Waals surface area contributed by atoms with E-state index in [9.17, 15) is 0 Å². The van der Waals surface area contributed by atoms with E-state index in [1.807, 2.05) is 12.1 Å². The number of ether oxygens (including phenoxy) is 1. The van der Waals surface area contributed by atoms with Gasteiger partial charge in [-0.25, -0.2) is 4.99 Å². The minimum Gasteiger partial charge on any atom is -0.463 e. The van der Waals surface area contributed by atoms with Crippen molar-refractivity contribution in [2.75, 3.05) is 13.2 Å². The summed E-state index contributed by atoms with van der Waals surface area (Å²) in [6.45, 7) is 1.42. The van der Waals surface area contributed by atoms with Crippen molar-refractivity contribution in [2.24, 2.45) is 4.99 Å². The number of hydrogen-bond donors (Lipinski definition) is 1. The van der Waals surface area contributed by atoms with Crippen LogP contribution in [-0.2, 0) is 4.74 Å². The Hall–Kier alpha value is -1.86. The highest BCUT2D eigenvalue weighted by atomic mass is 31.1. The predicted octanol–water partition coefficient (Wildman–Crippen LogP) is 2.01. The molecule has 0 fully saturated rings. The first-order chi connectivity index (χ1) is 9.43. The second-order valence-electron chi connectivity index (χ2n) is 4.15. The standard InChI is InChI=1S/C15H15N2OP/c1-3-7-13(8-4-1)19(14-9-5-2-6-10-14)17-15-16-11-12-18-15/h1-10H,11-12H2,(H,16,17). The van der Waals surface area contributed by atoms with Crippen LogP contribution in [0.4, 0.5) is 0 Å². The minimum absolute atomic E-state index is 0.666. The lowest BCUT2D eigenvalue weighted by Gasteiger charge is -2.19. The van der Waals surface area contributed by atoms with Gasteiger partial charge >= 0.3 is 0 Å². The Morgan fingerprint density at radius 2 is 1.47 bits per heavy atom. The Labute approximate surface area is 114 Å². The van der Waals surface area contributed by atoms with Gasteiger partial charge in [0, 0.05) is 10.6 Å². The Morgan fingerprint density at radius 3 is 1.95 bits per heavy atom. The van der Waals surface area contributed by atoms with E-state index >= 15 is 0 Å². The minimum atomic E-state index is -0.668. The van der Waals surface area contributed by atoms with Crippen molar-refractivity contribution >= 4 is 24.7 Å². The Morgan fingerprint density at radius 1 is 0.895 bits per heavy atom. The second kappa shape index (κ2) is 5.85. The zero-order chi connectivity index (χ0) is 12.9. The van der Waals surface area contributed by atoms with Crippen LogP contribution in [0.5, 0.6) is 0 Å². The third-order valence-electron chi connectivity index (χ3n) is 2.82. The fraction of sp³-hybridized carbons (Fsp3) is 0.133. The van der Waals surface area contributed by atoms with Crippen LogP contribution in [0.3, 0.4) is 0 Å². The number of amidine groups is 1. The van der Waals surface area contributed by atoms with E-state index in [2.05, 4.69) is 58.6 Å². The molecule has 0 radical (unpaired) electrons.